The van der Waals surface area contributed by atoms with E-state index in [1.54, 1.807) is 11.3 Å². The zero-order chi connectivity index (χ0) is 26.3. The maximum Gasteiger partial charge on any atom is 0.490 e. The lowest BCUT2D eigenvalue weighted by Gasteiger charge is -2.38. The monoisotopic (exact) mass is 536 g/mol. The van der Waals surface area contributed by atoms with Crippen molar-refractivity contribution in [2.45, 2.75) is 38.3 Å². The molecule has 1 saturated heterocycles. The van der Waals surface area contributed by atoms with Crippen LogP contribution in [0.4, 0.5) is 13.2 Å². The minimum absolute atomic E-state index is 0.0943. The lowest BCUT2D eigenvalue weighted by atomic mass is 10.1. The number of nitrogens with zero attached hydrogens (tertiary/aromatic N) is 4. The van der Waals surface area contributed by atoms with Gasteiger partial charge in [0.05, 0.1) is 29.3 Å². The molecule has 0 spiro atoms. The number of hydrogen-bond donors (Lipinski definition) is 1. The SMILES string of the molecule is Cc1nc(CN2C(=O)c3cccn3[C@H]3CN(Cc4ccc5c(c4)OCO5)C[C@H]32)cs1.O=C(O)C(F)(F)F. The van der Waals surface area contributed by atoms with E-state index in [1.165, 1.54) is 5.56 Å². The second-order valence-corrected chi connectivity index (χ2v) is 9.97. The molecule has 3 aliphatic heterocycles. The average molecular weight is 537 g/mol. The summed E-state index contributed by atoms with van der Waals surface area (Å²) >= 11 is 1.63. The van der Waals surface area contributed by atoms with Gasteiger partial charge < -0.3 is 24.0 Å². The number of carboxylic acids is 1. The number of aliphatic carboxylic acids is 1. The smallest absolute Gasteiger partial charge is 0.475 e. The minimum atomic E-state index is -5.08. The number of likely N-dealkylation sites (tertiary alicyclic amines) is 1. The molecule has 5 heterocycles. The number of carbonyl (C=O) groups is 2. The molecular formula is C24H23F3N4O5S. The molecule has 0 unspecified atom stereocenters. The van der Waals surface area contributed by atoms with Crippen LogP contribution in [0.2, 0.25) is 0 Å². The van der Waals surface area contributed by atoms with E-state index in [1.807, 2.05) is 36.2 Å². The first-order valence-electron chi connectivity index (χ1n) is 11.4. The number of carbonyl (C=O) groups excluding carboxylic acids is 1. The van der Waals surface area contributed by atoms with Crippen molar-refractivity contribution in [2.75, 3.05) is 19.9 Å². The van der Waals surface area contributed by atoms with Crippen LogP contribution in [0.1, 0.15) is 32.8 Å². The first-order chi connectivity index (χ1) is 17.6. The van der Waals surface area contributed by atoms with Crippen LogP contribution in [0.3, 0.4) is 0 Å². The number of halogens is 3. The molecule has 37 heavy (non-hydrogen) atoms. The van der Waals surface area contributed by atoms with Gasteiger partial charge in [0.25, 0.3) is 5.91 Å². The van der Waals surface area contributed by atoms with Gasteiger partial charge in [-0.3, -0.25) is 9.69 Å². The van der Waals surface area contributed by atoms with Crippen LogP contribution in [0.5, 0.6) is 11.5 Å². The first kappa shape index (κ1) is 25.1. The number of hydrogen-bond acceptors (Lipinski definition) is 7. The van der Waals surface area contributed by atoms with Gasteiger partial charge in [0, 0.05) is 31.2 Å². The molecule has 3 aliphatic rings. The van der Waals surface area contributed by atoms with Gasteiger partial charge in [-0.05, 0) is 36.8 Å². The zero-order valence-corrected chi connectivity index (χ0v) is 20.5. The molecule has 196 valence electrons. The number of benzene rings is 1. The van der Waals surface area contributed by atoms with Gasteiger partial charge in [-0.1, -0.05) is 6.07 Å². The Balaban J connectivity index is 0.000000355. The number of aromatic nitrogens is 2. The standard InChI is InChI=1S/C22H22N4O3S.C2HF3O2/c1-14-23-16(12-30-14)9-26-19-11-24(8-15-4-5-20-21(7-15)29-13-28-20)10-18(19)25-6-2-3-17(25)22(26)27;3-2(4,5)1(6)7/h2-7,12,18-19H,8-11,13H2,1H3;(H,6,7)/t18-,19+;/m0./s1. The number of carboxylic acid groups (broad SMARTS) is 1. The molecule has 0 saturated carbocycles. The third-order valence-electron chi connectivity index (χ3n) is 6.44. The Hall–Kier alpha value is -3.58. The highest BCUT2D eigenvalue weighted by Crippen LogP contribution is 2.37. The van der Waals surface area contributed by atoms with Crippen molar-refractivity contribution in [1.29, 1.82) is 0 Å². The summed E-state index contributed by atoms with van der Waals surface area (Å²) in [6, 6.07) is 10.4. The normalized spacial score (nSPS) is 20.3. The molecule has 13 heteroatoms. The van der Waals surface area contributed by atoms with Crippen LogP contribution >= 0.6 is 11.3 Å². The summed E-state index contributed by atoms with van der Waals surface area (Å²) in [6.45, 7) is 5.41. The van der Waals surface area contributed by atoms with E-state index in [4.69, 9.17) is 19.4 Å². The number of ether oxygens (including phenoxy) is 2. The molecular weight excluding hydrogens is 513 g/mol. The van der Waals surface area contributed by atoms with Gasteiger partial charge in [-0.15, -0.1) is 11.3 Å². The van der Waals surface area contributed by atoms with E-state index in [9.17, 15) is 18.0 Å². The maximum atomic E-state index is 13.3. The summed E-state index contributed by atoms with van der Waals surface area (Å²) in [4.78, 5) is 31.2. The quantitative estimate of drug-likeness (QED) is 0.543. The van der Waals surface area contributed by atoms with Crippen molar-refractivity contribution in [2.24, 2.45) is 0 Å². The fourth-order valence-electron chi connectivity index (χ4n) is 4.86. The van der Waals surface area contributed by atoms with Crippen molar-refractivity contribution >= 4 is 23.2 Å². The number of fused-ring (bicyclic) bond motifs is 4. The fourth-order valence-corrected chi connectivity index (χ4v) is 5.46. The van der Waals surface area contributed by atoms with Crippen molar-refractivity contribution in [3.8, 4) is 11.5 Å². The van der Waals surface area contributed by atoms with Gasteiger partial charge in [0.2, 0.25) is 6.79 Å². The molecule has 0 aliphatic carbocycles. The van der Waals surface area contributed by atoms with Crippen molar-refractivity contribution in [3.63, 3.8) is 0 Å². The summed E-state index contributed by atoms with van der Waals surface area (Å²) < 4.78 is 44.9. The third-order valence-corrected chi connectivity index (χ3v) is 7.26. The highest BCUT2D eigenvalue weighted by Gasteiger charge is 2.45. The summed E-state index contributed by atoms with van der Waals surface area (Å²) in [5, 5.41) is 10.2. The summed E-state index contributed by atoms with van der Waals surface area (Å²) in [7, 11) is 0. The second-order valence-electron chi connectivity index (χ2n) is 8.91. The van der Waals surface area contributed by atoms with Crippen LogP contribution in [-0.4, -0.2) is 68.4 Å². The molecule has 9 nitrogen and oxygen atoms in total. The third kappa shape index (κ3) is 5.14. The van der Waals surface area contributed by atoms with E-state index in [2.05, 4.69) is 32.0 Å². The highest BCUT2D eigenvalue weighted by atomic mass is 32.1. The van der Waals surface area contributed by atoms with Crippen LogP contribution in [-0.2, 0) is 17.9 Å². The predicted molar refractivity (Wildman–Crippen MR) is 126 cm³/mol. The second kappa shape index (κ2) is 9.71. The van der Waals surface area contributed by atoms with Gasteiger partial charge in [0.1, 0.15) is 5.69 Å². The van der Waals surface area contributed by atoms with Crippen LogP contribution in [0, 0.1) is 6.92 Å². The number of alkyl halides is 3. The van der Waals surface area contributed by atoms with E-state index in [0.717, 1.165) is 47.5 Å². The molecule has 2 atom stereocenters. The van der Waals surface area contributed by atoms with Gasteiger partial charge in [-0.25, -0.2) is 9.78 Å². The largest absolute Gasteiger partial charge is 0.490 e. The Bertz CT molecular complexity index is 1320. The molecule has 0 bridgehead atoms. The maximum absolute atomic E-state index is 13.3. The lowest BCUT2D eigenvalue weighted by molar-refractivity contribution is -0.192. The molecule has 1 fully saturated rings. The lowest BCUT2D eigenvalue weighted by Crippen LogP contribution is -2.49. The van der Waals surface area contributed by atoms with Gasteiger partial charge in [-0.2, -0.15) is 13.2 Å². The number of amides is 1. The van der Waals surface area contributed by atoms with E-state index >= 15 is 0 Å². The topological polar surface area (TPSA) is 97.1 Å². The molecule has 0 radical (unpaired) electrons. The van der Waals surface area contributed by atoms with Crippen molar-refractivity contribution in [3.05, 3.63) is 63.9 Å². The highest BCUT2D eigenvalue weighted by molar-refractivity contribution is 7.09. The number of thiazole rings is 1. The van der Waals surface area contributed by atoms with Crippen LogP contribution in [0.25, 0.3) is 0 Å². The summed E-state index contributed by atoms with van der Waals surface area (Å²) in [5.74, 6) is -1.04. The first-order valence-corrected chi connectivity index (χ1v) is 12.3. The van der Waals surface area contributed by atoms with E-state index < -0.39 is 12.1 Å². The van der Waals surface area contributed by atoms with Gasteiger partial charge >= 0.3 is 12.1 Å². The van der Waals surface area contributed by atoms with E-state index in [-0.39, 0.29) is 24.8 Å². The molecule has 3 aromatic rings. The molecule has 1 aromatic carbocycles. The van der Waals surface area contributed by atoms with Crippen LogP contribution < -0.4 is 9.47 Å². The van der Waals surface area contributed by atoms with Gasteiger partial charge in [0.15, 0.2) is 11.5 Å². The number of aryl methyl sites for hydroxylation is 1. The Morgan fingerprint density at radius 3 is 2.59 bits per heavy atom. The molecule has 1 N–H and O–H groups in total. The van der Waals surface area contributed by atoms with Crippen molar-refractivity contribution in [1.82, 2.24) is 19.4 Å². The molecule has 6 rings (SSSR count). The minimum Gasteiger partial charge on any atom is -0.475 e. The Kier molecular flexibility index (Phi) is 6.58. The van der Waals surface area contributed by atoms with E-state index in [0.29, 0.717) is 6.54 Å². The zero-order valence-electron chi connectivity index (χ0n) is 19.6. The Labute approximate surface area is 213 Å². The summed E-state index contributed by atoms with van der Waals surface area (Å²) in [5.41, 5.74) is 2.94. The molecule has 2 aromatic heterocycles. The average Bonchev–Trinajstić information content (AvgIpc) is 3.62. The fraction of sp³-hybridized carbons (Fsp3) is 0.375. The summed E-state index contributed by atoms with van der Waals surface area (Å²) in [6.07, 6.45) is -3.04. The predicted octanol–water partition coefficient (Wildman–Crippen LogP) is 3.70. The Morgan fingerprint density at radius 1 is 1.16 bits per heavy atom. The number of rotatable bonds is 4. The van der Waals surface area contributed by atoms with Crippen LogP contribution in [0.15, 0.2) is 41.9 Å². The van der Waals surface area contributed by atoms with Crippen molar-refractivity contribution < 1.29 is 37.3 Å². The molecule has 1 amide bonds. The Morgan fingerprint density at radius 2 is 1.89 bits per heavy atom.